The van der Waals surface area contributed by atoms with Crippen LogP contribution in [-0.4, -0.2) is 23.8 Å². The lowest BCUT2D eigenvalue weighted by atomic mass is 9.90. The zero-order valence-electron chi connectivity index (χ0n) is 19.2. The van der Waals surface area contributed by atoms with Gasteiger partial charge in [0.1, 0.15) is 30.0 Å². The van der Waals surface area contributed by atoms with Crippen LogP contribution in [0.15, 0.2) is 48.5 Å². The molecule has 2 unspecified atom stereocenters. The van der Waals surface area contributed by atoms with Crippen LogP contribution in [0.3, 0.4) is 0 Å². The molecule has 0 saturated heterocycles. The van der Waals surface area contributed by atoms with Crippen molar-refractivity contribution in [2.24, 2.45) is 0 Å². The number of rotatable bonds is 6. The Morgan fingerprint density at radius 2 is 1.97 bits per heavy atom. The Kier molecular flexibility index (Phi) is 5.49. The first-order valence-corrected chi connectivity index (χ1v) is 11.4. The smallest absolute Gasteiger partial charge is 0.304 e. The standard InChI is InChI=1S/C28H28O5/c1-16-9-26-24(10-17(2)33-26)18(3)28(16)20-6-4-5-19(11-20)14-31-22-7-8-23-21(12-27(29)30)15-32-25(23)13-22/h4-9,11,13,17,21H,10,12,14-15H2,1-3H3,(H,29,30). The summed E-state index contributed by atoms with van der Waals surface area (Å²) >= 11 is 0. The van der Waals surface area contributed by atoms with Gasteiger partial charge >= 0.3 is 5.97 Å². The van der Waals surface area contributed by atoms with E-state index in [0.29, 0.717) is 24.7 Å². The van der Waals surface area contributed by atoms with Crippen LogP contribution in [0.5, 0.6) is 17.2 Å². The molecule has 0 aromatic heterocycles. The molecule has 170 valence electrons. The van der Waals surface area contributed by atoms with Gasteiger partial charge in [-0.15, -0.1) is 0 Å². The molecule has 5 nitrogen and oxygen atoms in total. The summed E-state index contributed by atoms with van der Waals surface area (Å²) in [5.74, 6) is 1.53. The van der Waals surface area contributed by atoms with E-state index in [1.54, 1.807) is 0 Å². The average Bonchev–Trinajstić information content (AvgIpc) is 3.35. The predicted molar refractivity (Wildman–Crippen MR) is 126 cm³/mol. The van der Waals surface area contributed by atoms with Gasteiger partial charge in [0.2, 0.25) is 0 Å². The van der Waals surface area contributed by atoms with Crippen molar-refractivity contribution in [1.82, 2.24) is 0 Å². The van der Waals surface area contributed by atoms with Crippen LogP contribution < -0.4 is 14.2 Å². The second-order valence-electron chi connectivity index (χ2n) is 9.10. The second kappa shape index (κ2) is 8.47. The van der Waals surface area contributed by atoms with E-state index in [9.17, 15) is 4.79 Å². The van der Waals surface area contributed by atoms with Crippen molar-refractivity contribution in [3.8, 4) is 28.4 Å². The molecule has 0 radical (unpaired) electrons. The third-order valence-corrected chi connectivity index (χ3v) is 6.59. The number of hydrogen-bond acceptors (Lipinski definition) is 4. The first-order valence-electron chi connectivity index (χ1n) is 11.4. The molecule has 2 aliphatic rings. The zero-order chi connectivity index (χ0) is 23.1. The Morgan fingerprint density at radius 1 is 1.12 bits per heavy atom. The molecule has 0 amide bonds. The number of aryl methyl sites for hydroxylation is 1. The summed E-state index contributed by atoms with van der Waals surface area (Å²) in [5.41, 5.74) is 8.29. The van der Waals surface area contributed by atoms with Crippen LogP contribution in [0, 0.1) is 13.8 Å². The lowest BCUT2D eigenvalue weighted by Gasteiger charge is -2.15. The van der Waals surface area contributed by atoms with Crippen LogP contribution in [0.25, 0.3) is 11.1 Å². The molecule has 0 aliphatic carbocycles. The van der Waals surface area contributed by atoms with Crippen LogP contribution in [0.2, 0.25) is 0 Å². The fourth-order valence-corrected chi connectivity index (χ4v) is 5.05. The summed E-state index contributed by atoms with van der Waals surface area (Å²) in [6.45, 7) is 7.28. The summed E-state index contributed by atoms with van der Waals surface area (Å²) < 4.78 is 17.7. The highest BCUT2D eigenvalue weighted by Crippen LogP contribution is 2.40. The number of carbonyl (C=O) groups is 1. The van der Waals surface area contributed by atoms with Gasteiger partial charge in [-0.25, -0.2) is 0 Å². The fourth-order valence-electron chi connectivity index (χ4n) is 5.05. The normalized spacial score (nSPS) is 18.3. The van der Waals surface area contributed by atoms with Gasteiger partial charge in [-0.2, -0.15) is 0 Å². The molecule has 3 aromatic rings. The number of aliphatic carboxylic acids is 1. The summed E-state index contributed by atoms with van der Waals surface area (Å²) in [6.07, 6.45) is 1.25. The zero-order valence-corrected chi connectivity index (χ0v) is 19.2. The minimum Gasteiger partial charge on any atom is -0.492 e. The Hall–Kier alpha value is -3.47. The largest absolute Gasteiger partial charge is 0.492 e. The molecule has 5 heteroatoms. The van der Waals surface area contributed by atoms with Gasteiger partial charge in [0.25, 0.3) is 0 Å². The summed E-state index contributed by atoms with van der Waals surface area (Å²) in [4.78, 5) is 11.0. The van der Waals surface area contributed by atoms with E-state index in [-0.39, 0.29) is 18.4 Å². The number of hydrogen-bond donors (Lipinski definition) is 1. The lowest BCUT2D eigenvalue weighted by molar-refractivity contribution is -0.137. The van der Waals surface area contributed by atoms with Gasteiger partial charge in [0.15, 0.2) is 0 Å². The van der Waals surface area contributed by atoms with Crippen molar-refractivity contribution in [3.63, 3.8) is 0 Å². The number of ether oxygens (including phenoxy) is 3. The maximum Gasteiger partial charge on any atom is 0.304 e. The van der Waals surface area contributed by atoms with Gasteiger partial charge in [-0.3, -0.25) is 4.79 Å². The summed E-state index contributed by atoms with van der Waals surface area (Å²) in [7, 11) is 0. The second-order valence-corrected chi connectivity index (χ2v) is 9.10. The van der Waals surface area contributed by atoms with Crippen LogP contribution >= 0.6 is 0 Å². The molecule has 2 heterocycles. The van der Waals surface area contributed by atoms with Crippen molar-refractivity contribution in [1.29, 1.82) is 0 Å². The van der Waals surface area contributed by atoms with E-state index in [0.717, 1.165) is 23.3 Å². The van der Waals surface area contributed by atoms with E-state index >= 15 is 0 Å². The Morgan fingerprint density at radius 3 is 2.79 bits per heavy atom. The number of benzene rings is 3. The van der Waals surface area contributed by atoms with Crippen molar-refractivity contribution >= 4 is 5.97 Å². The quantitative estimate of drug-likeness (QED) is 0.519. The predicted octanol–water partition coefficient (Wildman–Crippen LogP) is 5.82. The molecule has 0 fully saturated rings. The molecule has 33 heavy (non-hydrogen) atoms. The van der Waals surface area contributed by atoms with Gasteiger partial charge in [-0.1, -0.05) is 24.3 Å². The van der Waals surface area contributed by atoms with E-state index in [1.807, 2.05) is 18.2 Å². The van der Waals surface area contributed by atoms with Crippen LogP contribution in [-0.2, 0) is 17.8 Å². The average molecular weight is 445 g/mol. The van der Waals surface area contributed by atoms with E-state index in [2.05, 4.69) is 51.1 Å². The molecular formula is C28H28O5. The minimum atomic E-state index is -0.812. The number of carboxylic acids is 1. The third kappa shape index (κ3) is 4.15. The number of fused-ring (bicyclic) bond motifs is 2. The maximum absolute atomic E-state index is 11.0. The molecular weight excluding hydrogens is 416 g/mol. The van der Waals surface area contributed by atoms with Crippen molar-refractivity contribution < 1.29 is 24.1 Å². The third-order valence-electron chi connectivity index (χ3n) is 6.59. The first-order chi connectivity index (χ1) is 15.9. The Bertz CT molecular complexity index is 1230. The van der Waals surface area contributed by atoms with Crippen LogP contribution in [0.1, 0.15) is 47.1 Å². The van der Waals surface area contributed by atoms with Crippen molar-refractivity contribution in [2.75, 3.05) is 6.61 Å². The highest BCUT2D eigenvalue weighted by atomic mass is 16.5. The molecule has 1 N–H and O–H groups in total. The fraction of sp³-hybridized carbons (Fsp3) is 0.321. The monoisotopic (exact) mass is 444 g/mol. The van der Waals surface area contributed by atoms with E-state index in [1.165, 1.54) is 27.8 Å². The minimum absolute atomic E-state index is 0.0760. The van der Waals surface area contributed by atoms with Crippen molar-refractivity contribution in [2.45, 2.75) is 52.2 Å². The highest BCUT2D eigenvalue weighted by Gasteiger charge is 2.27. The van der Waals surface area contributed by atoms with Gasteiger partial charge in [-0.05, 0) is 66.8 Å². The molecule has 0 bridgehead atoms. The van der Waals surface area contributed by atoms with Gasteiger partial charge in [0, 0.05) is 29.5 Å². The summed E-state index contributed by atoms with van der Waals surface area (Å²) in [5, 5.41) is 9.07. The lowest BCUT2D eigenvalue weighted by Crippen LogP contribution is -2.07. The van der Waals surface area contributed by atoms with Crippen molar-refractivity contribution in [3.05, 3.63) is 76.3 Å². The van der Waals surface area contributed by atoms with Gasteiger partial charge < -0.3 is 19.3 Å². The summed E-state index contributed by atoms with van der Waals surface area (Å²) in [6, 6.07) is 16.3. The van der Waals surface area contributed by atoms with Gasteiger partial charge in [0.05, 0.1) is 13.0 Å². The molecule has 0 saturated carbocycles. The van der Waals surface area contributed by atoms with E-state index in [4.69, 9.17) is 19.3 Å². The molecule has 5 rings (SSSR count). The molecule has 0 spiro atoms. The van der Waals surface area contributed by atoms with E-state index < -0.39 is 5.97 Å². The highest BCUT2D eigenvalue weighted by molar-refractivity contribution is 5.75. The topological polar surface area (TPSA) is 65.0 Å². The molecule has 3 aromatic carbocycles. The number of carboxylic acid groups (broad SMARTS) is 1. The Labute approximate surface area is 193 Å². The molecule has 2 aliphatic heterocycles. The first kappa shape index (κ1) is 21.4. The Balaban J connectivity index is 1.34. The molecule has 2 atom stereocenters. The van der Waals surface area contributed by atoms with Crippen LogP contribution in [0.4, 0.5) is 0 Å². The SMILES string of the molecule is Cc1cc2c(c(C)c1-c1cccc(COc3ccc4c(c3)OCC4CC(=O)O)c1)CC(C)O2. The maximum atomic E-state index is 11.0.